The highest BCUT2D eigenvalue weighted by molar-refractivity contribution is 6.33. The Labute approximate surface area is 100.0 Å². The summed E-state index contributed by atoms with van der Waals surface area (Å²) in [6.07, 6.45) is 2.43. The monoisotopic (exact) mass is 238 g/mol. The van der Waals surface area contributed by atoms with E-state index in [4.69, 9.17) is 17.3 Å². The molecule has 1 atom stereocenters. The minimum absolute atomic E-state index is 0.0808. The van der Waals surface area contributed by atoms with E-state index in [0.29, 0.717) is 22.2 Å². The molecule has 16 heavy (non-hydrogen) atoms. The van der Waals surface area contributed by atoms with Gasteiger partial charge in [-0.25, -0.2) is 0 Å². The number of hydrogen-bond acceptors (Lipinski definition) is 2. The highest BCUT2D eigenvalue weighted by Crippen LogP contribution is 2.32. The number of nitrogens with one attached hydrogen (secondary N) is 1. The molecule has 1 aliphatic carbocycles. The zero-order valence-electron chi connectivity index (χ0n) is 9.16. The first kappa shape index (κ1) is 11.3. The summed E-state index contributed by atoms with van der Waals surface area (Å²) in [5.41, 5.74) is 6.65. The van der Waals surface area contributed by atoms with Gasteiger partial charge in [-0.1, -0.05) is 11.6 Å². The Morgan fingerprint density at radius 2 is 2.25 bits per heavy atom. The number of carbonyl (C=O) groups excluding carboxylic acids is 1. The molecule has 2 rings (SSSR count). The largest absolute Gasteiger partial charge is 0.398 e. The lowest BCUT2D eigenvalue weighted by atomic mass is 10.1. The number of nitrogen functional groups attached to an aromatic ring is 1. The number of anilines is 1. The molecule has 0 saturated heterocycles. The smallest absolute Gasteiger partial charge is 0.251 e. The Balaban J connectivity index is 2.05. The molecule has 86 valence electrons. The van der Waals surface area contributed by atoms with Crippen LogP contribution in [0.1, 0.15) is 30.1 Å². The second kappa shape index (κ2) is 4.34. The van der Waals surface area contributed by atoms with Gasteiger partial charge in [0.1, 0.15) is 0 Å². The zero-order valence-corrected chi connectivity index (χ0v) is 9.92. The van der Waals surface area contributed by atoms with E-state index in [1.165, 1.54) is 12.8 Å². The Morgan fingerprint density at radius 3 is 2.81 bits per heavy atom. The van der Waals surface area contributed by atoms with Gasteiger partial charge in [0.15, 0.2) is 0 Å². The lowest BCUT2D eigenvalue weighted by Crippen LogP contribution is -2.33. The molecule has 0 spiro atoms. The van der Waals surface area contributed by atoms with Crippen LogP contribution in [-0.4, -0.2) is 11.9 Å². The molecule has 1 amide bonds. The minimum atomic E-state index is -0.0808. The average Bonchev–Trinajstić information content (AvgIpc) is 3.05. The van der Waals surface area contributed by atoms with Gasteiger partial charge in [-0.15, -0.1) is 0 Å². The Bertz CT molecular complexity index is 415. The summed E-state index contributed by atoms with van der Waals surface area (Å²) in [4.78, 5) is 11.8. The summed E-state index contributed by atoms with van der Waals surface area (Å²) < 4.78 is 0. The number of benzene rings is 1. The van der Waals surface area contributed by atoms with E-state index in [-0.39, 0.29) is 11.9 Å². The van der Waals surface area contributed by atoms with Crippen molar-refractivity contribution in [1.82, 2.24) is 5.32 Å². The maximum absolute atomic E-state index is 11.8. The molecule has 1 unspecified atom stereocenters. The summed E-state index contributed by atoms with van der Waals surface area (Å²) >= 11 is 5.79. The lowest BCUT2D eigenvalue weighted by molar-refractivity contribution is 0.0936. The lowest BCUT2D eigenvalue weighted by Gasteiger charge is -2.13. The van der Waals surface area contributed by atoms with Gasteiger partial charge in [-0.2, -0.15) is 0 Å². The molecule has 0 radical (unpaired) electrons. The average molecular weight is 239 g/mol. The number of halogens is 1. The summed E-state index contributed by atoms with van der Waals surface area (Å²) in [7, 11) is 0. The van der Waals surface area contributed by atoms with E-state index < -0.39 is 0 Å². The van der Waals surface area contributed by atoms with Gasteiger partial charge in [-0.05, 0) is 43.9 Å². The first-order valence-electron chi connectivity index (χ1n) is 5.44. The van der Waals surface area contributed by atoms with Crippen molar-refractivity contribution in [3.63, 3.8) is 0 Å². The third-order valence-corrected chi connectivity index (χ3v) is 3.29. The summed E-state index contributed by atoms with van der Waals surface area (Å²) in [6.45, 7) is 2.04. The molecule has 0 aliphatic heterocycles. The Morgan fingerprint density at radius 1 is 1.56 bits per heavy atom. The van der Waals surface area contributed by atoms with Crippen LogP contribution in [0, 0.1) is 5.92 Å². The minimum Gasteiger partial charge on any atom is -0.398 e. The topological polar surface area (TPSA) is 55.1 Å². The first-order valence-corrected chi connectivity index (χ1v) is 5.81. The van der Waals surface area contributed by atoms with Crippen molar-refractivity contribution in [2.75, 3.05) is 5.73 Å². The van der Waals surface area contributed by atoms with Crippen molar-refractivity contribution in [1.29, 1.82) is 0 Å². The Kier molecular flexibility index (Phi) is 3.06. The van der Waals surface area contributed by atoms with Crippen LogP contribution in [0.25, 0.3) is 0 Å². The van der Waals surface area contributed by atoms with E-state index in [9.17, 15) is 4.79 Å². The fourth-order valence-electron chi connectivity index (χ4n) is 1.69. The van der Waals surface area contributed by atoms with Crippen molar-refractivity contribution in [2.24, 2.45) is 5.92 Å². The fraction of sp³-hybridized carbons (Fsp3) is 0.417. The number of hydrogen-bond donors (Lipinski definition) is 2. The van der Waals surface area contributed by atoms with Crippen molar-refractivity contribution < 1.29 is 4.79 Å². The molecule has 0 bridgehead atoms. The van der Waals surface area contributed by atoms with Gasteiger partial charge in [-0.3, -0.25) is 4.79 Å². The van der Waals surface area contributed by atoms with E-state index in [0.717, 1.165) is 0 Å². The van der Waals surface area contributed by atoms with Crippen LogP contribution in [0.15, 0.2) is 18.2 Å². The van der Waals surface area contributed by atoms with Crippen molar-refractivity contribution in [3.8, 4) is 0 Å². The second-order valence-corrected chi connectivity index (χ2v) is 4.74. The van der Waals surface area contributed by atoms with Gasteiger partial charge in [0.2, 0.25) is 0 Å². The summed E-state index contributed by atoms with van der Waals surface area (Å²) in [6, 6.07) is 5.18. The van der Waals surface area contributed by atoms with Crippen LogP contribution in [0.5, 0.6) is 0 Å². The number of carbonyl (C=O) groups is 1. The fourth-order valence-corrected chi connectivity index (χ4v) is 1.81. The van der Waals surface area contributed by atoms with Gasteiger partial charge in [0, 0.05) is 11.6 Å². The standard InChI is InChI=1S/C12H15ClN2O/c1-7(8-2-3-8)15-12(16)9-4-5-10(13)11(14)6-9/h4-8H,2-3,14H2,1H3,(H,15,16). The Hall–Kier alpha value is -1.22. The predicted octanol–water partition coefficient (Wildman–Crippen LogP) is 2.45. The molecule has 1 fully saturated rings. The predicted molar refractivity (Wildman–Crippen MR) is 65.5 cm³/mol. The summed E-state index contributed by atoms with van der Waals surface area (Å²) in [5, 5.41) is 3.45. The maximum Gasteiger partial charge on any atom is 0.251 e. The quantitative estimate of drug-likeness (QED) is 0.795. The molecule has 0 aromatic heterocycles. The van der Waals surface area contributed by atoms with Crippen LogP contribution < -0.4 is 11.1 Å². The van der Waals surface area contributed by atoms with Gasteiger partial charge >= 0.3 is 0 Å². The molecule has 1 aliphatic rings. The van der Waals surface area contributed by atoms with Crippen LogP contribution in [0.3, 0.4) is 0 Å². The molecule has 4 heteroatoms. The SMILES string of the molecule is CC(NC(=O)c1ccc(Cl)c(N)c1)C1CC1. The van der Waals surface area contributed by atoms with E-state index in [1.807, 2.05) is 6.92 Å². The maximum atomic E-state index is 11.8. The third kappa shape index (κ3) is 2.47. The van der Waals surface area contributed by atoms with Gasteiger partial charge in [0.25, 0.3) is 5.91 Å². The second-order valence-electron chi connectivity index (χ2n) is 4.34. The van der Waals surface area contributed by atoms with E-state index in [1.54, 1.807) is 18.2 Å². The highest BCUT2D eigenvalue weighted by atomic mass is 35.5. The van der Waals surface area contributed by atoms with Crippen LogP contribution in [0.2, 0.25) is 5.02 Å². The van der Waals surface area contributed by atoms with E-state index in [2.05, 4.69) is 5.32 Å². The molecule has 3 N–H and O–H groups in total. The summed E-state index contributed by atoms with van der Waals surface area (Å²) in [5.74, 6) is 0.566. The molecule has 0 heterocycles. The highest BCUT2D eigenvalue weighted by Gasteiger charge is 2.29. The van der Waals surface area contributed by atoms with Gasteiger partial charge < -0.3 is 11.1 Å². The van der Waals surface area contributed by atoms with Crippen LogP contribution in [0.4, 0.5) is 5.69 Å². The molecular weight excluding hydrogens is 224 g/mol. The van der Waals surface area contributed by atoms with Crippen LogP contribution in [-0.2, 0) is 0 Å². The van der Waals surface area contributed by atoms with Crippen molar-refractivity contribution in [2.45, 2.75) is 25.8 Å². The number of rotatable bonds is 3. The van der Waals surface area contributed by atoms with Gasteiger partial charge in [0.05, 0.1) is 10.7 Å². The van der Waals surface area contributed by atoms with Crippen molar-refractivity contribution in [3.05, 3.63) is 28.8 Å². The molecule has 3 nitrogen and oxygen atoms in total. The molecule has 1 saturated carbocycles. The first-order chi connectivity index (χ1) is 7.58. The van der Waals surface area contributed by atoms with E-state index >= 15 is 0 Å². The normalized spacial score (nSPS) is 16.9. The van der Waals surface area contributed by atoms with Crippen LogP contribution >= 0.6 is 11.6 Å². The van der Waals surface area contributed by atoms with Crippen molar-refractivity contribution >= 4 is 23.2 Å². The molecule has 1 aromatic carbocycles. The molecular formula is C12H15ClN2O. The molecule has 1 aromatic rings. The number of amides is 1. The zero-order chi connectivity index (χ0) is 11.7. The number of nitrogens with two attached hydrogens (primary N) is 1. The third-order valence-electron chi connectivity index (χ3n) is 2.95.